The zero-order valence-electron chi connectivity index (χ0n) is 24.1. The fourth-order valence-electron chi connectivity index (χ4n) is 6.98. The molecule has 1 aromatic heterocycles. The Morgan fingerprint density at radius 1 is 1.05 bits per heavy atom. The topological polar surface area (TPSA) is 116 Å². The smallest absolute Gasteiger partial charge is 0.326 e. The highest BCUT2D eigenvalue weighted by Crippen LogP contribution is 2.50. The molecular formula is C33H38N4O4. The number of amides is 1. The fourth-order valence-corrected chi connectivity index (χ4v) is 6.98. The Balaban J connectivity index is 1.72. The normalized spacial score (nSPS) is 23.2. The third-order valence-electron chi connectivity index (χ3n) is 8.73. The van der Waals surface area contributed by atoms with E-state index < -0.39 is 35.4 Å². The molecule has 2 aliphatic rings. The van der Waals surface area contributed by atoms with Crippen molar-refractivity contribution in [3.8, 4) is 11.8 Å². The number of nitrogens with zero attached hydrogens (tertiary/aromatic N) is 3. The quantitative estimate of drug-likeness (QED) is 0.374. The number of carbonyl (C=O) groups excluding carboxylic acids is 1. The number of rotatable bonds is 6. The molecule has 8 nitrogen and oxygen atoms in total. The van der Waals surface area contributed by atoms with Gasteiger partial charge in [-0.05, 0) is 36.0 Å². The number of nitriles is 1. The summed E-state index contributed by atoms with van der Waals surface area (Å²) in [6.07, 6.45) is 4.56. The number of likely N-dealkylation sites (tertiary alicyclic amines) is 1. The Bertz CT molecular complexity index is 1470. The van der Waals surface area contributed by atoms with E-state index in [1.807, 2.05) is 75.4 Å². The van der Waals surface area contributed by atoms with E-state index in [2.05, 4.69) is 11.4 Å². The molecule has 214 valence electrons. The SMILES string of the molecule is COc1c(C#N)c(N[C@H]2[C@H](C(C)(C)C)[C@@H](C(=O)O)N(C(=O)C3CCCCC3)[C@H]2c2ccccc2)nc2ccccc12. The third-order valence-corrected chi connectivity index (χ3v) is 8.73. The summed E-state index contributed by atoms with van der Waals surface area (Å²) in [4.78, 5) is 33.9. The summed E-state index contributed by atoms with van der Waals surface area (Å²) in [5, 5.41) is 25.2. The molecule has 3 aromatic rings. The maximum Gasteiger partial charge on any atom is 0.326 e. The Labute approximate surface area is 241 Å². The van der Waals surface area contributed by atoms with Crippen LogP contribution in [0.3, 0.4) is 0 Å². The van der Waals surface area contributed by atoms with Crippen molar-refractivity contribution in [2.45, 2.75) is 71.0 Å². The van der Waals surface area contributed by atoms with E-state index >= 15 is 0 Å². The second-order valence-electron chi connectivity index (χ2n) is 12.3. The first kappa shape index (κ1) is 28.4. The molecule has 4 atom stereocenters. The van der Waals surface area contributed by atoms with Gasteiger partial charge in [0.2, 0.25) is 5.91 Å². The van der Waals surface area contributed by atoms with Crippen molar-refractivity contribution in [1.29, 1.82) is 5.26 Å². The molecular weight excluding hydrogens is 516 g/mol. The molecule has 1 saturated heterocycles. The first-order chi connectivity index (χ1) is 19.7. The van der Waals surface area contributed by atoms with Crippen LogP contribution < -0.4 is 10.1 Å². The van der Waals surface area contributed by atoms with E-state index in [1.54, 1.807) is 4.90 Å². The number of fused-ring (bicyclic) bond motifs is 1. The van der Waals surface area contributed by atoms with E-state index in [0.29, 0.717) is 22.5 Å². The molecule has 0 bridgehead atoms. The molecule has 1 aliphatic heterocycles. The minimum absolute atomic E-state index is 0.103. The molecule has 2 fully saturated rings. The molecule has 8 heteroatoms. The predicted octanol–water partition coefficient (Wildman–Crippen LogP) is 6.17. The number of nitrogens with one attached hydrogen (secondary N) is 1. The monoisotopic (exact) mass is 554 g/mol. The summed E-state index contributed by atoms with van der Waals surface area (Å²) in [5.74, 6) is -1.10. The van der Waals surface area contributed by atoms with E-state index in [9.17, 15) is 20.0 Å². The van der Waals surface area contributed by atoms with Crippen LogP contribution >= 0.6 is 0 Å². The van der Waals surface area contributed by atoms with Crippen molar-refractivity contribution in [3.63, 3.8) is 0 Å². The number of carboxylic acid groups (broad SMARTS) is 1. The number of aliphatic carboxylic acids is 1. The second kappa shape index (κ2) is 11.4. The van der Waals surface area contributed by atoms with Crippen molar-refractivity contribution < 1.29 is 19.4 Å². The highest BCUT2D eigenvalue weighted by molar-refractivity contribution is 5.91. The highest BCUT2D eigenvalue weighted by Gasteiger charge is 2.59. The van der Waals surface area contributed by atoms with Gasteiger partial charge in [0, 0.05) is 17.2 Å². The van der Waals surface area contributed by atoms with Crippen LogP contribution in [0.4, 0.5) is 5.82 Å². The van der Waals surface area contributed by atoms with Gasteiger partial charge in [-0.3, -0.25) is 4.79 Å². The molecule has 2 aromatic carbocycles. The molecule has 5 rings (SSSR count). The number of anilines is 1. The van der Waals surface area contributed by atoms with Crippen molar-refractivity contribution in [1.82, 2.24) is 9.88 Å². The summed E-state index contributed by atoms with van der Waals surface area (Å²) in [6, 6.07) is 17.2. The lowest BCUT2D eigenvalue weighted by Gasteiger charge is -2.36. The van der Waals surface area contributed by atoms with Gasteiger partial charge in [0.25, 0.3) is 0 Å². The minimum atomic E-state index is -1.06. The van der Waals surface area contributed by atoms with Crippen LogP contribution in [0, 0.1) is 28.6 Å². The van der Waals surface area contributed by atoms with Gasteiger partial charge in [0.1, 0.15) is 29.2 Å². The molecule has 0 radical (unpaired) electrons. The molecule has 1 aliphatic carbocycles. The number of methoxy groups -OCH3 is 1. The second-order valence-corrected chi connectivity index (χ2v) is 12.3. The van der Waals surface area contributed by atoms with Crippen LogP contribution in [0.15, 0.2) is 54.6 Å². The molecule has 0 spiro atoms. The zero-order valence-corrected chi connectivity index (χ0v) is 24.1. The number of para-hydroxylation sites is 1. The molecule has 1 amide bonds. The average Bonchev–Trinajstić information content (AvgIpc) is 3.32. The van der Waals surface area contributed by atoms with Gasteiger partial charge in [-0.1, -0.05) is 82.5 Å². The number of benzene rings is 2. The molecule has 0 unspecified atom stereocenters. The fraction of sp³-hybridized carbons (Fsp3) is 0.455. The Morgan fingerprint density at radius 3 is 2.32 bits per heavy atom. The Kier molecular flexibility index (Phi) is 7.90. The average molecular weight is 555 g/mol. The molecule has 2 N–H and O–H groups in total. The van der Waals surface area contributed by atoms with Crippen LogP contribution in [-0.4, -0.2) is 46.1 Å². The van der Waals surface area contributed by atoms with E-state index in [0.717, 1.165) is 37.7 Å². The van der Waals surface area contributed by atoms with Gasteiger partial charge in [0.15, 0.2) is 0 Å². The highest BCUT2D eigenvalue weighted by atomic mass is 16.5. The van der Waals surface area contributed by atoms with Gasteiger partial charge in [-0.15, -0.1) is 0 Å². The predicted molar refractivity (Wildman–Crippen MR) is 157 cm³/mol. The first-order valence-electron chi connectivity index (χ1n) is 14.4. The van der Waals surface area contributed by atoms with Crippen LogP contribution in [-0.2, 0) is 9.59 Å². The number of aromatic nitrogens is 1. The standard InChI is InChI=1S/C33H38N4O4/c1-33(2,3)25-26(36-30-23(19-34)29(41-4)22-17-11-12-18-24(22)35-30)27(20-13-7-5-8-14-20)37(28(25)32(39)40)31(38)21-15-9-6-10-16-21/h5,7-8,11-14,17-18,21,25-28H,6,9-10,15-16H2,1-4H3,(H,35,36)(H,39,40)/t25-,26-,27-,28-/m0/s1. The number of hydrogen-bond donors (Lipinski definition) is 2. The van der Waals surface area contributed by atoms with Gasteiger partial charge >= 0.3 is 5.97 Å². The van der Waals surface area contributed by atoms with Crippen LogP contribution in [0.1, 0.15) is 70.0 Å². The van der Waals surface area contributed by atoms with Gasteiger partial charge < -0.3 is 20.1 Å². The molecule has 2 heterocycles. The zero-order chi connectivity index (χ0) is 29.3. The Hall–Kier alpha value is -4.12. The van der Waals surface area contributed by atoms with Gasteiger partial charge in [-0.25, -0.2) is 9.78 Å². The van der Waals surface area contributed by atoms with Crippen molar-refractivity contribution in [2.24, 2.45) is 17.3 Å². The maximum atomic E-state index is 14.3. The lowest BCUT2D eigenvalue weighted by atomic mass is 9.72. The first-order valence-corrected chi connectivity index (χ1v) is 14.4. The molecule has 1 saturated carbocycles. The summed E-state index contributed by atoms with van der Waals surface area (Å²) < 4.78 is 5.70. The van der Waals surface area contributed by atoms with E-state index in [-0.39, 0.29) is 17.4 Å². The van der Waals surface area contributed by atoms with Gasteiger partial charge in [-0.2, -0.15) is 5.26 Å². The van der Waals surface area contributed by atoms with Gasteiger partial charge in [0.05, 0.1) is 24.7 Å². The van der Waals surface area contributed by atoms with Crippen LogP contribution in [0.25, 0.3) is 10.9 Å². The Morgan fingerprint density at radius 2 is 1.71 bits per heavy atom. The summed E-state index contributed by atoms with van der Waals surface area (Å²) in [5.41, 5.74) is 1.23. The van der Waals surface area contributed by atoms with Crippen LogP contribution in [0.5, 0.6) is 5.75 Å². The lowest BCUT2D eigenvalue weighted by Crippen LogP contribution is -2.49. The van der Waals surface area contributed by atoms with Crippen molar-refractivity contribution >= 4 is 28.6 Å². The number of carboxylic acids is 1. The lowest BCUT2D eigenvalue weighted by molar-refractivity contribution is -0.154. The van der Waals surface area contributed by atoms with E-state index in [1.165, 1.54) is 7.11 Å². The summed E-state index contributed by atoms with van der Waals surface area (Å²) >= 11 is 0. The van der Waals surface area contributed by atoms with E-state index in [4.69, 9.17) is 9.72 Å². The summed E-state index contributed by atoms with van der Waals surface area (Å²) in [7, 11) is 1.53. The number of pyridine rings is 1. The number of ether oxygens (including phenoxy) is 1. The third kappa shape index (κ3) is 5.21. The van der Waals surface area contributed by atoms with Crippen molar-refractivity contribution in [2.75, 3.05) is 12.4 Å². The molecule has 41 heavy (non-hydrogen) atoms. The number of carbonyl (C=O) groups is 2. The minimum Gasteiger partial charge on any atom is -0.495 e. The maximum absolute atomic E-state index is 14.3. The number of hydrogen-bond acceptors (Lipinski definition) is 6. The van der Waals surface area contributed by atoms with Crippen LogP contribution in [0.2, 0.25) is 0 Å². The van der Waals surface area contributed by atoms with Crippen molar-refractivity contribution in [3.05, 3.63) is 65.7 Å². The largest absolute Gasteiger partial charge is 0.495 e. The summed E-state index contributed by atoms with van der Waals surface area (Å²) in [6.45, 7) is 6.04.